The lowest BCUT2D eigenvalue weighted by molar-refractivity contribution is -0.152. The SMILES string of the molecule is CCOC(=O)C1CCCN(C(=O)C(C)N2CCN(C(=O)c3ccco3)CC2)C1. The molecule has 2 aliphatic heterocycles. The molecule has 154 valence electrons. The molecule has 0 N–H and O–H groups in total. The lowest BCUT2D eigenvalue weighted by Crippen LogP contribution is -2.56. The molecular formula is C20H29N3O5. The number of carbonyl (C=O) groups excluding carboxylic acids is 3. The van der Waals surface area contributed by atoms with Crippen molar-refractivity contribution in [1.29, 1.82) is 0 Å². The maximum atomic E-state index is 13.0. The van der Waals surface area contributed by atoms with E-state index in [0.29, 0.717) is 51.6 Å². The molecule has 1 aromatic heterocycles. The number of piperidine rings is 1. The number of carbonyl (C=O) groups is 3. The Hall–Kier alpha value is -2.35. The average Bonchev–Trinajstić information content (AvgIpc) is 3.27. The molecule has 28 heavy (non-hydrogen) atoms. The van der Waals surface area contributed by atoms with E-state index < -0.39 is 0 Å². The number of amides is 2. The molecule has 0 spiro atoms. The van der Waals surface area contributed by atoms with E-state index in [1.807, 2.05) is 6.92 Å². The number of hydrogen-bond acceptors (Lipinski definition) is 6. The standard InChI is InChI=1S/C20H29N3O5/c1-3-27-20(26)16-6-4-8-23(14-16)18(24)15(2)21-9-11-22(12-10-21)19(25)17-7-5-13-28-17/h5,7,13,15-16H,3-4,6,8-12,14H2,1-2H3. The van der Waals surface area contributed by atoms with Crippen LogP contribution in [0.5, 0.6) is 0 Å². The molecule has 2 amide bonds. The van der Waals surface area contributed by atoms with Crippen molar-refractivity contribution in [3.05, 3.63) is 24.2 Å². The Morgan fingerprint density at radius 2 is 1.93 bits per heavy atom. The van der Waals surface area contributed by atoms with E-state index in [0.717, 1.165) is 12.8 Å². The van der Waals surface area contributed by atoms with Crippen LogP contribution in [0, 0.1) is 5.92 Å². The van der Waals surface area contributed by atoms with Gasteiger partial charge in [0, 0.05) is 39.3 Å². The number of ether oxygens (including phenoxy) is 1. The van der Waals surface area contributed by atoms with Crippen LogP contribution in [0.2, 0.25) is 0 Å². The smallest absolute Gasteiger partial charge is 0.310 e. The van der Waals surface area contributed by atoms with Gasteiger partial charge in [0.2, 0.25) is 5.91 Å². The van der Waals surface area contributed by atoms with E-state index in [4.69, 9.17) is 9.15 Å². The van der Waals surface area contributed by atoms with Crippen molar-refractivity contribution in [2.75, 3.05) is 45.9 Å². The van der Waals surface area contributed by atoms with E-state index in [1.165, 1.54) is 6.26 Å². The molecule has 0 aliphatic carbocycles. The van der Waals surface area contributed by atoms with Crippen molar-refractivity contribution in [3.63, 3.8) is 0 Å². The number of hydrogen-bond donors (Lipinski definition) is 0. The number of rotatable bonds is 5. The molecule has 8 nitrogen and oxygen atoms in total. The Morgan fingerprint density at radius 3 is 2.57 bits per heavy atom. The van der Waals surface area contributed by atoms with Gasteiger partial charge in [-0.2, -0.15) is 0 Å². The molecule has 0 saturated carbocycles. The summed E-state index contributed by atoms with van der Waals surface area (Å²) in [7, 11) is 0. The summed E-state index contributed by atoms with van der Waals surface area (Å²) in [4.78, 5) is 43.0. The normalized spacial score (nSPS) is 22.0. The maximum absolute atomic E-state index is 13.0. The van der Waals surface area contributed by atoms with Gasteiger partial charge in [-0.3, -0.25) is 19.3 Å². The van der Waals surface area contributed by atoms with E-state index in [-0.39, 0.29) is 29.7 Å². The summed E-state index contributed by atoms with van der Waals surface area (Å²) in [6.07, 6.45) is 3.07. The molecule has 8 heteroatoms. The molecular weight excluding hydrogens is 362 g/mol. The third-order valence-corrected chi connectivity index (χ3v) is 5.59. The molecule has 2 fully saturated rings. The van der Waals surface area contributed by atoms with Crippen LogP contribution >= 0.6 is 0 Å². The maximum Gasteiger partial charge on any atom is 0.310 e. The Morgan fingerprint density at radius 1 is 1.18 bits per heavy atom. The first-order valence-electron chi connectivity index (χ1n) is 10.0. The lowest BCUT2D eigenvalue weighted by atomic mass is 9.97. The summed E-state index contributed by atoms with van der Waals surface area (Å²) in [5.41, 5.74) is 0. The van der Waals surface area contributed by atoms with E-state index >= 15 is 0 Å². The third-order valence-electron chi connectivity index (χ3n) is 5.59. The van der Waals surface area contributed by atoms with Crippen LogP contribution in [0.25, 0.3) is 0 Å². The van der Waals surface area contributed by atoms with Crippen molar-refractivity contribution in [2.45, 2.75) is 32.7 Å². The zero-order chi connectivity index (χ0) is 20.1. The minimum absolute atomic E-state index is 0.0415. The highest BCUT2D eigenvalue weighted by Crippen LogP contribution is 2.20. The van der Waals surface area contributed by atoms with Gasteiger partial charge < -0.3 is 19.0 Å². The highest BCUT2D eigenvalue weighted by molar-refractivity contribution is 5.91. The van der Waals surface area contributed by atoms with Crippen LogP contribution in [0.4, 0.5) is 0 Å². The van der Waals surface area contributed by atoms with E-state index in [1.54, 1.807) is 28.9 Å². The molecule has 1 aromatic rings. The van der Waals surface area contributed by atoms with Gasteiger partial charge in [0.25, 0.3) is 5.91 Å². The predicted octanol–water partition coefficient (Wildman–Crippen LogP) is 1.23. The minimum atomic E-state index is -0.276. The summed E-state index contributed by atoms with van der Waals surface area (Å²) in [6, 6.07) is 3.09. The van der Waals surface area contributed by atoms with Gasteiger partial charge in [0.05, 0.1) is 24.8 Å². The second-order valence-electron chi connectivity index (χ2n) is 7.36. The van der Waals surface area contributed by atoms with Crippen molar-refractivity contribution in [3.8, 4) is 0 Å². The predicted molar refractivity (Wildman–Crippen MR) is 102 cm³/mol. The van der Waals surface area contributed by atoms with Crippen molar-refractivity contribution >= 4 is 17.8 Å². The average molecular weight is 391 g/mol. The van der Waals surface area contributed by atoms with Crippen LogP contribution < -0.4 is 0 Å². The molecule has 2 unspecified atom stereocenters. The first-order chi connectivity index (χ1) is 13.5. The van der Waals surface area contributed by atoms with Crippen LogP contribution in [0.1, 0.15) is 37.2 Å². The molecule has 2 aliphatic rings. The number of piperazine rings is 1. The first kappa shape index (κ1) is 20.4. The monoisotopic (exact) mass is 391 g/mol. The highest BCUT2D eigenvalue weighted by atomic mass is 16.5. The molecule has 0 aromatic carbocycles. The summed E-state index contributed by atoms with van der Waals surface area (Å²) >= 11 is 0. The third kappa shape index (κ3) is 4.55. The summed E-state index contributed by atoms with van der Waals surface area (Å²) in [6.45, 7) is 7.55. The van der Waals surface area contributed by atoms with Crippen molar-refractivity contribution in [1.82, 2.24) is 14.7 Å². The molecule has 2 saturated heterocycles. The molecule has 0 radical (unpaired) electrons. The van der Waals surface area contributed by atoms with Crippen LogP contribution in [0.3, 0.4) is 0 Å². The first-order valence-corrected chi connectivity index (χ1v) is 10.0. The van der Waals surface area contributed by atoms with Crippen LogP contribution in [0.15, 0.2) is 22.8 Å². The Labute approximate surface area is 165 Å². The summed E-state index contributed by atoms with van der Waals surface area (Å²) < 4.78 is 10.3. The molecule has 0 bridgehead atoms. The fraction of sp³-hybridized carbons (Fsp3) is 0.650. The lowest BCUT2D eigenvalue weighted by Gasteiger charge is -2.40. The van der Waals surface area contributed by atoms with Gasteiger partial charge in [0.15, 0.2) is 5.76 Å². The molecule has 3 heterocycles. The number of esters is 1. The zero-order valence-corrected chi connectivity index (χ0v) is 16.6. The quantitative estimate of drug-likeness (QED) is 0.702. The van der Waals surface area contributed by atoms with Gasteiger partial charge in [-0.05, 0) is 38.8 Å². The fourth-order valence-corrected chi connectivity index (χ4v) is 3.92. The van der Waals surface area contributed by atoms with Gasteiger partial charge in [0.1, 0.15) is 0 Å². The van der Waals surface area contributed by atoms with Crippen molar-refractivity contribution in [2.24, 2.45) is 5.92 Å². The van der Waals surface area contributed by atoms with Gasteiger partial charge in [-0.15, -0.1) is 0 Å². The highest BCUT2D eigenvalue weighted by Gasteiger charge is 2.34. The van der Waals surface area contributed by atoms with Crippen LogP contribution in [-0.2, 0) is 14.3 Å². The molecule has 3 rings (SSSR count). The Balaban J connectivity index is 1.51. The van der Waals surface area contributed by atoms with Gasteiger partial charge in [-0.1, -0.05) is 0 Å². The second-order valence-corrected chi connectivity index (χ2v) is 7.36. The minimum Gasteiger partial charge on any atom is -0.466 e. The largest absolute Gasteiger partial charge is 0.466 e. The second kappa shape index (κ2) is 9.23. The van der Waals surface area contributed by atoms with Crippen LogP contribution in [-0.4, -0.2) is 84.4 Å². The number of likely N-dealkylation sites (tertiary alicyclic amines) is 1. The van der Waals surface area contributed by atoms with Crippen molar-refractivity contribution < 1.29 is 23.5 Å². The summed E-state index contributed by atoms with van der Waals surface area (Å²) in [5, 5.41) is 0. The Bertz CT molecular complexity index is 682. The fourth-order valence-electron chi connectivity index (χ4n) is 3.92. The van der Waals surface area contributed by atoms with Gasteiger partial charge >= 0.3 is 5.97 Å². The summed E-state index contributed by atoms with van der Waals surface area (Å²) in [5.74, 6) is -0.169. The number of furan rings is 1. The molecule has 2 atom stereocenters. The Kier molecular flexibility index (Phi) is 6.72. The van der Waals surface area contributed by atoms with E-state index in [2.05, 4.69) is 4.90 Å². The number of nitrogens with zero attached hydrogens (tertiary/aromatic N) is 3. The van der Waals surface area contributed by atoms with E-state index in [9.17, 15) is 14.4 Å². The van der Waals surface area contributed by atoms with Gasteiger partial charge in [-0.25, -0.2) is 0 Å². The topological polar surface area (TPSA) is 83.3 Å². The zero-order valence-electron chi connectivity index (χ0n) is 16.6.